The third-order valence-corrected chi connectivity index (χ3v) is 4.40. The highest BCUT2D eigenvalue weighted by Crippen LogP contribution is 2.18. The average molecular weight is 283 g/mol. The highest BCUT2D eigenvalue weighted by atomic mass is 32.1. The monoisotopic (exact) mass is 283 g/mol. The van der Waals surface area contributed by atoms with Crippen LogP contribution in [0.4, 0.5) is 0 Å². The fraction of sp³-hybridized carbons (Fsp3) is 0.643. The van der Waals surface area contributed by atoms with E-state index in [4.69, 9.17) is 4.74 Å². The standard InChI is InChI=1S/C14H21NO3S/c1-17-14(16)8-12-2-3-13(19-12)9-15-6-4-11-5-7-18-10-11/h2-3,11,15H,4-10H2,1H3. The second-order valence-corrected chi connectivity index (χ2v) is 6.07. The van der Waals surface area contributed by atoms with E-state index >= 15 is 0 Å². The number of carbonyl (C=O) groups is 1. The fourth-order valence-electron chi connectivity index (χ4n) is 2.16. The molecule has 1 aromatic heterocycles. The van der Waals surface area contributed by atoms with Crippen molar-refractivity contribution in [2.75, 3.05) is 26.9 Å². The Morgan fingerprint density at radius 2 is 2.37 bits per heavy atom. The van der Waals surface area contributed by atoms with Crippen molar-refractivity contribution in [1.82, 2.24) is 5.32 Å². The number of ether oxygens (including phenoxy) is 2. The van der Waals surface area contributed by atoms with Crippen LogP contribution in [0.1, 0.15) is 22.6 Å². The van der Waals surface area contributed by atoms with Crippen LogP contribution in [-0.2, 0) is 27.2 Å². The number of thiophene rings is 1. The van der Waals surface area contributed by atoms with Crippen LogP contribution < -0.4 is 5.32 Å². The molecule has 0 aromatic carbocycles. The first kappa shape index (κ1) is 14.5. The lowest BCUT2D eigenvalue weighted by Crippen LogP contribution is -2.17. The van der Waals surface area contributed by atoms with Crippen molar-refractivity contribution in [3.8, 4) is 0 Å². The van der Waals surface area contributed by atoms with Gasteiger partial charge in [-0.15, -0.1) is 11.3 Å². The summed E-state index contributed by atoms with van der Waals surface area (Å²) >= 11 is 1.67. The smallest absolute Gasteiger partial charge is 0.310 e. The van der Waals surface area contributed by atoms with E-state index in [1.54, 1.807) is 11.3 Å². The molecule has 0 saturated carbocycles. The molecule has 1 atom stereocenters. The molecule has 2 rings (SSSR count). The van der Waals surface area contributed by atoms with Crippen LogP contribution in [0.3, 0.4) is 0 Å². The summed E-state index contributed by atoms with van der Waals surface area (Å²) in [5.41, 5.74) is 0. The topological polar surface area (TPSA) is 47.6 Å². The van der Waals surface area contributed by atoms with Gasteiger partial charge >= 0.3 is 5.97 Å². The lowest BCUT2D eigenvalue weighted by atomic mass is 10.1. The van der Waals surface area contributed by atoms with Gasteiger partial charge in [0.1, 0.15) is 0 Å². The van der Waals surface area contributed by atoms with Crippen molar-refractivity contribution in [2.24, 2.45) is 5.92 Å². The Kier molecular flexibility index (Phi) is 5.82. The number of carbonyl (C=O) groups excluding carboxylic acids is 1. The maximum atomic E-state index is 11.2. The van der Waals surface area contributed by atoms with E-state index in [-0.39, 0.29) is 5.97 Å². The van der Waals surface area contributed by atoms with Crippen LogP contribution in [0.15, 0.2) is 12.1 Å². The summed E-state index contributed by atoms with van der Waals surface area (Å²) in [5, 5.41) is 3.45. The summed E-state index contributed by atoms with van der Waals surface area (Å²) < 4.78 is 10.0. The van der Waals surface area contributed by atoms with Crippen LogP contribution in [0, 0.1) is 5.92 Å². The first-order valence-corrected chi connectivity index (χ1v) is 7.52. The Morgan fingerprint density at radius 1 is 1.53 bits per heavy atom. The molecule has 0 radical (unpaired) electrons. The van der Waals surface area contributed by atoms with Crippen LogP contribution in [-0.4, -0.2) is 32.8 Å². The van der Waals surface area contributed by atoms with E-state index < -0.39 is 0 Å². The minimum atomic E-state index is -0.178. The quantitative estimate of drug-likeness (QED) is 0.614. The first-order valence-electron chi connectivity index (χ1n) is 6.71. The van der Waals surface area contributed by atoms with Gasteiger partial charge in [0.25, 0.3) is 0 Å². The van der Waals surface area contributed by atoms with Crippen LogP contribution >= 0.6 is 11.3 Å². The van der Waals surface area contributed by atoms with E-state index in [1.165, 1.54) is 24.8 Å². The third kappa shape index (κ3) is 4.93. The molecule has 106 valence electrons. The number of hydrogen-bond acceptors (Lipinski definition) is 5. The molecule has 1 aliphatic rings. The lowest BCUT2D eigenvalue weighted by Gasteiger charge is -2.07. The van der Waals surface area contributed by atoms with E-state index in [2.05, 4.69) is 16.1 Å². The van der Waals surface area contributed by atoms with E-state index in [0.717, 1.165) is 37.1 Å². The Bertz CT molecular complexity index is 399. The molecule has 0 bridgehead atoms. The molecule has 1 aliphatic heterocycles. The molecule has 1 N–H and O–H groups in total. The Balaban J connectivity index is 1.64. The van der Waals surface area contributed by atoms with Crippen molar-refractivity contribution in [3.63, 3.8) is 0 Å². The van der Waals surface area contributed by atoms with Gasteiger partial charge in [0.15, 0.2) is 0 Å². The Labute approximate surface area is 118 Å². The summed E-state index contributed by atoms with van der Waals surface area (Å²) in [5.74, 6) is 0.549. The zero-order valence-corrected chi connectivity index (χ0v) is 12.1. The zero-order valence-electron chi connectivity index (χ0n) is 11.3. The summed E-state index contributed by atoms with van der Waals surface area (Å²) in [4.78, 5) is 13.5. The fourth-order valence-corrected chi connectivity index (χ4v) is 3.13. The largest absolute Gasteiger partial charge is 0.469 e. The van der Waals surface area contributed by atoms with Crippen molar-refractivity contribution in [1.29, 1.82) is 0 Å². The van der Waals surface area contributed by atoms with E-state index in [1.807, 2.05) is 6.07 Å². The van der Waals surface area contributed by atoms with E-state index in [0.29, 0.717) is 6.42 Å². The van der Waals surface area contributed by atoms with Gasteiger partial charge in [0.05, 0.1) is 13.5 Å². The molecule has 1 saturated heterocycles. The van der Waals surface area contributed by atoms with Crippen molar-refractivity contribution in [2.45, 2.75) is 25.8 Å². The van der Waals surface area contributed by atoms with Crippen LogP contribution in [0.2, 0.25) is 0 Å². The van der Waals surface area contributed by atoms with Crippen LogP contribution in [0.25, 0.3) is 0 Å². The summed E-state index contributed by atoms with van der Waals surface area (Å²) in [6.07, 6.45) is 2.75. The Hall–Kier alpha value is -0.910. The second kappa shape index (κ2) is 7.62. The zero-order chi connectivity index (χ0) is 13.5. The predicted octanol–water partition coefficient (Wildman–Crippen LogP) is 1.98. The molecule has 0 amide bonds. The summed E-state index contributed by atoms with van der Waals surface area (Å²) in [7, 11) is 1.42. The third-order valence-electron chi connectivity index (χ3n) is 3.32. The minimum absolute atomic E-state index is 0.178. The highest BCUT2D eigenvalue weighted by Gasteiger charge is 2.14. The second-order valence-electron chi connectivity index (χ2n) is 4.82. The number of hydrogen-bond donors (Lipinski definition) is 1. The van der Waals surface area contributed by atoms with Gasteiger partial charge in [-0.3, -0.25) is 4.79 Å². The molecule has 1 unspecified atom stereocenters. The molecule has 19 heavy (non-hydrogen) atoms. The number of rotatable bonds is 7. The van der Waals surface area contributed by atoms with Gasteiger partial charge < -0.3 is 14.8 Å². The predicted molar refractivity (Wildman–Crippen MR) is 75.3 cm³/mol. The molecule has 1 fully saturated rings. The number of methoxy groups -OCH3 is 1. The highest BCUT2D eigenvalue weighted by molar-refractivity contribution is 7.12. The molecular weight excluding hydrogens is 262 g/mol. The summed E-state index contributed by atoms with van der Waals surface area (Å²) in [6.45, 7) is 3.74. The van der Waals surface area contributed by atoms with Gasteiger partial charge in [-0.2, -0.15) is 0 Å². The van der Waals surface area contributed by atoms with Gasteiger partial charge in [-0.1, -0.05) is 0 Å². The maximum absolute atomic E-state index is 11.2. The van der Waals surface area contributed by atoms with Gasteiger partial charge in [0, 0.05) is 29.5 Å². The van der Waals surface area contributed by atoms with Gasteiger partial charge in [0.2, 0.25) is 0 Å². The maximum Gasteiger partial charge on any atom is 0.310 e. The molecule has 4 nitrogen and oxygen atoms in total. The molecule has 1 aromatic rings. The van der Waals surface area contributed by atoms with E-state index in [9.17, 15) is 4.79 Å². The molecule has 5 heteroatoms. The number of nitrogens with one attached hydrogen (secondary N) is 1. The molecule has 2 heterocycles. The molecular formula is C14H21NO3S. The van der Waals surface area contributed by atoms with Crippen molar-refractivity contribution in [3.05, 3.63) is 21.9 Å². The number of esters is 1. The summed E-state index contributed by atoms with van der Waals surface area (Å²) in [6, 6.07) is 4.08. The molecule has 0 aliphatic carbocycles. The van der Waals surface area contributed by atoms with Gasteiger partial charge in [-0.05, 0) is 37.4 Å². The molecule has 0 spiro atoms. The van der Waals surface area contributed by atoms with Gasteiger partial charge in [-0.25, -0.2) is 0 Å². The SMILES string of the molecule is COC(=O)Cc1ccc(CNCCC2CCOC2)s1. The minimum Gasteiger partial charge on any atom is -0.469 e. The lowest BCUT2D eigenvalue weighted by molar-refractivity contribution is -0.139. The average Bonchev–Trinajstić information content (AvgIpc) is 3.06. The van der Waals surface area contributed by atoms with Crippen LogP contribution in [0.5, 0.6) is 0 Å². The van der Waals surface area contributed by atoms with Crippen molar-refractivity contribution >= 4 is 17.3 Å². The van der Waals surface area contributed by atoms with Crippen molar-refractivity contribution < 1.29 is 14.3 Å². The first-order chi connectivity index (χ1) is 9.28. The normalized spacial score (nSPS) is 18.7. The Morgan fingerprint density at radius 3 is 3.11 bits per heavy atom.